The third-order valence-corrected chi connectivity index (χ3v) is 3.57. The van der Waals surface area contributed by atoms with Gasteiger partial charge in [-0.3, -0.25) is 0 Å². The minimum absolute atomic E-state index is 0.119. The summed E-state index contributed by atoms with van der Waals surface area (Å²) in [5.74, 6) is -0.861. The van der Waals surface area contributed by atoms with Crippen molar-refractivity contribution < 1.29 is 14.6 Å². The Balaban J connectivity index is 2.66. The number of aromatic carboxylic acids is 1. The van der Waals surface area contributed by atoms with E-state index < -0.39 is 5.97 Å². The first-order valence-corrected chi connectivity index (χ1v) is 6.24. The van der Waals surface area contributed by atoms with Crippen molar-refractivity contribution in [2.24, 2.45) is 0 Å². The summed E-state index contributed by atoms with van der Waals surface area (Å²) in [6.45, 7) is 7.32. The molecular formula is C12H19NO3S. The van der Waals surface area contributed by atoms with Crippen LogP contribution in [0.3, 0.4) is 0 Å². The SMILES string of the molecule is COCC(C)(C)NCc1cc(C(=O)O)sc1C. The molecule has 0 aliphatic rings. The Morgan fingerprint density at radius 3 is 2.71 bits per heavy atom. The lowest BCUT2D eigenvalue weighted by atomic mass is 10.1. The molecule has 1 heterocycles. The van der Waals surface area contributed by atoms with Gasteiger partial charge in [0.2, 0.25) is 0 Å². The van der Waals surface area contributed by atoms with Crippen LogP contribution in [-0.2, 0) is 11.3 Å². The lowest BCUT2D eigenvalue weighted by Gasteiger charge is -2.25. The second kappa shape index (κ2) is 5.62. The maximum Gasteiger partial charge on any atom is 0.345 e. The number of carboxylic acids is 1. The van der Waals surface area contributed by atoms with E-state index in [0.29, 0.717) is 18.0 Å². The van der Waals surface area contributed by atoms with Crippen LogP contribution in [-0.4, -0.2) is 30.3 Å². The second-order valence-corrected chi connectivity index (χ2v) is 5.92. The van der Waals surface area contributed by atoms with Crippen LogP contribution in [0, 0.1) is 6.92 Å². The van der Waals surface area contributed by atoms with E-state index in [1.54, 1.807) is 13.2 Å². The summed E-state index contributed by atoms with van der Waals surface area (Å²) in [4.78, 5) is 12.3. The smallest absolute Gasteiger partial charge is 0.345 e. The molecule has 0 aromatic carbocycles. The molecule has 5 heteroatoms. The molecule has 0 saturated heterocycles. The number of thiophene rings is 1. The van der Waals surface area contributed by atoms with Crippen molar-refractivity contribution in [2.45, 2.75) is 32.9 Å². The fourth-order valence-electron chi connectivity index (χ4n) is 1.55. The van der Waals surface area contributed by atoms with E-state index in [0.717, 1.165) is 10.4 Å². The van der Waals surface area contributed by atoms with E-state index >= 15 is 0 Å². The predicted molar refractivity (Wildman–Crippen MR) is 68.8 cm³/mol. The molecule has 96 valence electrons. The van der Waals surface area contributed by atoms with Gasteiger partial charge in [0.15, 0.2) is 0 Å². The highest BCUT2D eigenvalue weighted by molar-refractivity contribution is 7.14. The van der Waals surface area contributed by atoms with Gasteiger partial charge in [-0.2, -0.15) is 0 Å². The largest absolute Gasteiger partial charge is 0.477 e. The molecule has 0 bridgehead atoms. The van der Waals surface area contributed by atoms with Gasteiger partial charge in [0.1, 0.15) is 4.88 Å². The zero-order valence-electron chi connectivity index (χ0n) is 10.7. The van der Waals surface area contributed by atoms with E-state index in [2.05, 4.69) is 19.2 Å². The van der Waals surface area contributed by atoms with Gasteiger partial charge in [0.25, 0.3) is 0 Å². The van der Waals surface area contributed by atoms with Crippen LogP contribution >= 0.6 is 11.3 Å². The van der Waals surface area contributed by atoms with Crippen molar-refractivity contribution in [3.05, 3.63) is 21.4 Å². The maximum absolute atomic E-state index is 10.8. The summed E-state index contributed by atoms with van der Waals surface area (Å²) in [5, 5.41) is 12.3. The maximum atomic E-state index is 10.8. The summed E-state index contributed by atoms with van der Waals surface area (Å²) in [5.41, 5.74) is 0.920. The van der Waals surface area contributed by atoms with Gasteiger partial charge in [0.05, 0.1) is 6.61 Å². The fourth-order valence-corrected chi connectivity index (χ4v) is 2.43. The van der Waals surface area contributed by atoms with Crippen molar-refractivity contribution >= 4 is 17.3 Å². The van der Waals surface area contributed by atoms with Crippen molar-refractivity contribution in [3.8, 4) is 0 Å². The number of carboxylic acid groups (broad SMARTS) is 1. The Kier molecular flexibility index (Phi) is 4.68. The number of aryl methyl sites for hydroxylation is 1. The summed E-state index contributed by atoms with van der Waals surface area (Å²) < 4.78 is 5.11. The van der Waals surface area contributed by atoms with E-state index in [1.807, 2.05) is 6.92 Å². The number of rotatable bonds is 6. The molecule has 0 fully saturated rings. The van der Waals surface area contributed by atoms with Crippen LogP contribution in [0.25, 0.3) is 0 Å². The molecule has 0 atom stereocenters. The Hall–Kier alpha value is -0.910. The van der Waals surface area contributed by atoms with Crippen molar-refractivity contribution in [3.63, 3.8) is 0 Å². The summed E-state index contributed by atoms with van der Waals surface area (Å²) >= 11 is 1.32. The number of nitrogens with one attached hydrogen (secondary N) is 1. The van der Waals surface area contributed by atoms with Gasteiger partial charge >= 0.3 is 5.97 Å². The minimum atomic E-state index is -0.861. The number of ether oxygens (including phenoxy) is 1. The number of methoxy groups -OCH3 is 1. The summed E-state index contributed by atoms with van der Waals surface area (Å²) in [7, 11) is 1.67. The van der Waals surface area contributed by atoms with Gasteiger partial charge in [0, 0.05) is 24.1 Å². The third kappa shape index (κ3) is 4.11. The van der Waals surface area contributed by atoms with E-state index in [1.165, 1.54) is 11.3 Å². The number of hydrogen-bond donors (Lipinski definition) is 2. The lowest BCUT2D eigenvalue weighted by molar-refractivity contribution is 0.0702. The molecule has 2 N–H and O–H groups in total. The van der Waals surface area contributed by atoms with Crippen LogP contribution in [0.1, 0.15) is 34.0 Å². The average molecular weight is 257 g/mol. The van der Waals surface area contributed by atoms with Crippen LogP contribution in [0.2, 0.25) is 0 Å². The van der Waals surface area contributed by atoms with E-state index in [-0.39, 0.29) is 5.54 Å². The van der Waals surface area contributed by atoms with Crippen LogP contribution < -0.4 is 5.32 Å². The van der Waals surface area contributed by atoms with Crippen LogP contribution in [0.4, 0.5) is 0 Å². The van der Waals surface area contributed by atoms with E-state index in [4.69, 9.17) is 9.84 Å². The van der Waals surface area contributed by atoms with Crippen molar-refractivity contribution in [1.82, 2.24) is 5.32 Å². The molecule has 0 aliphatic heterocycles. The highest BCUT2D eigenvalue weighted by Gasteiger charge is 2.18. The lowest BCUT2D eigenvalue weighted by Crippen LogP contribution is -2.42. The number of carbonyl (C=O) groups is 1. The number of hydrogen-bond acceptors (Lipinski definition) is 4. The molecular weight excluding hydrogens is 238 g/mol. The predicted octanol–water partition coefficient (Wildman–Crippen LogP) is 2.27. The Bertz CT molecular complexity index is 398. The first kappa shape index (κ1) is 14.2. The molecule has 1 rings (SSSR count). The highest BCUT2D eigenvalue weighted by Crippen LogP contribution is 2.22. The van der Waals surface area contributed by atoms with Gasteiger partial charge in [-0.05, 0) is 32.4 Å². The Morgan fingerprint density at radius 2 is 2.24 bits per heavy atom. The summed E-state index contributed by atoms with van der Waals surface area (Å²) in [6, 6.07) is 1.73. The molecule has 0 radical (unpaired) electrons. The van der Waals surface area contributed by atoms with E-state index in [9.17, 15) is 4.79 Å². The first-order chi connectivity index (χ1) is 7.85. The molecule has 4 nitrogen and oxygen atoms in total. The Labute approximate surface area is 106 Å². The van der Waals surface area contributed by atoms with Gasteiger partial charge < -0.3 is 15.2 Å². The van der Waals surface area contributed by atoms with Crippen LogP contribution in [0.5, 0.6) is 0 Å². The molecule has 0 amide bonds. The van der Waals surface area contributed by atoms with Crippen molar-refractivity contribution in [2.75, 3.05) is 13.7 Å². The minimum Gasteiger partial charge on any atom is -0.477 e. The van der Waals surface area contributed by atoms with Gasteiger partial charge in [-0.1, -0.05) is 0 Å². The molecule has 17 heavy (non-hydrogen) atoms. The standard InChI is InChI=1S/C12H19NO3S/c1-8-9(5-10(17-8)11(14)15)6-13-12(2,3)7-16-4/h5,13H,6-7H2,1-4H3,(H,14,15). The zero-order chi connectivity index (χ0) is 13.1. The highest BCUT2D eigenvalue weighted by atomic mass is 32.1. The zero-order valence-corrected chi connectivity index (χ0v) is 11.5. The average Bonchev–Trinajstić information content (AvgIpc) is 2.57. The monoisotopic (exact) mass is 257 g/mol. The molecule has 1 aromatic rings. The quantitative estimate of drug-likeness (QED) is 0.820. The topological polar surface area (TPSA) is 58.6 Å². The van der Waals surface area contributed by atoms with Gasteiger partial charge in [-0.15, -0.1) is 11.3 Å². The molecule has 1 aromatic heterocycles. The van der Waals surface area contributed by atoms with Crippen molar-refractivity contribution in [1.29, 1.82) is 0 Å². The Morgan fingerprint density at radius 1 is 1.59 bits per heavy atom. The summed E-state index contributed by atoms with van der Waals surface area (Å²) in [6.07, 6.45) is 0. The molecule has 0 saturated carbocycles. The second-order valence-electron chi connectivity index (χ2n) is 4.67. The first-order valence-electron chi connectivity index (χ1n) is 5.42. The normalized spacial score (nSPS) is 11.8. The molecule has 0 unspecified atom stereocenters. The fraction of sp³-hybridized carbons (Fsp3) is 0.583. The molecule has 0 aliphatic carbocycles. The van der Waals surface area contributed by atoms with Gasteiger partial charge in [-0.25, -0.2) is 4.79 Å². The van der Waals surface area contributed by atoms with Crippen LogP contribution in [0.15, 0.2) is 6.07 Å². The third-order valence-electron chi connectivity index (χ3n) is 2.49. The molecule has 0 spiro atoms.